The topological polar surface area (TPSA) is 75.7 Å². The van der Waals surface area contributed by atoms with Gasteiger partial charge in [-0.25, -0.2) is 4.79 Å². The first kappa shape index (κ1) is 27.4. The van der Waals surface area contributed by atoms with Crippen molar-refractivity contribution in [1.82, 2.24) is 4.90 Å². The fourth-order valence-corrected chi connectivity index (χ4v) is 4.33. The standard InChI is InChI=1S/C23H20F6N2O4S/c24-22(25,26)14-9-15(23(27,28)29)11-16(10-14)30-19(32)12-35-21(34)17-5-1-2-6-18(17)36-13-20(33)31-7-3-4-8-31/h1-2,5-6,9-11H,3-4,7-8,12-13H2,(H,30,32). The Bertz CT molecular complexity index is 1100. The number of thioether (sulfide) groups is 1. The maximum absolute atomic E-state index is 13.0. The van der Waals surface area contributed by atoms with Gasteiger partial charge in [0.15, 0.2) is 6.61 Å². The van der Waals surface area contributed by atoms with Crippen molar-refractivity contribution in [3.63, 3.8) is 0 Å². The van der Waals surface area contributed by atoms with E-state index < -0.39 is 47.7 Å². The molecule has 13 heteroatoms. The second-order valence-electron chi connectivity index (χ2n) is 7.79. The third-order valence-electron chi connectivity index (χ3n) is 5.12. The molecular formula is C23H20F6N2O4S. The molecule has 0 atom stereocenters. The number of likely N-dealkylation sites (tertiary alicyclic amines) is 1. The van der Waals surface area contributed by atoms with Gasteiger partial charge >= 0.3 is 18.3 Å². The van der Waals surface area contributed by atoms with Gasteiger partial charge in [-0.05, 0) is 43.2 Å². The number of alkyl halides is 6. The first-order chi connectivity index (χ1) is 16.8. The van der Waals surface area contributed by atoms with Gasteiger partial charge in [0.25, 0.3) is 5.91 Å². The van der Waals surface area contributed by atoms with Gasteiger partial charge in [-0.1, -0.05) is 12.1 Å². The Hall–Kier alpha value is -3.22. The van der Waals surface area contributed by atoms with Crippen molar-refractivity contribution in [2.75, 3.05) is 30.8 Å². The van der Waals surface area contributed by atoms with Crippen LogP contribution in [0.25, 0.3) is 0 Å². The summed E-state index contributed by atoms with van der Waals surface area (Å²) in [6.07, 6.45) is -8.30. The quantitative estimate of drug-likeness (QED) is 0.299. The molecule has 1 heterocycles. The lowest BCUT2D eigenvalue weighted by Gasteiger charge is -2.15. The number of nitrogens with one attached hydrogen (secondary N) is 1. The van der Waals surface area contributed by atoms with Crippen LogP contribution in [-0.2, 0) is 26.7 Å². The van der Waals surface area contributed by atoms with E-state index in [-0.39, 0.29) is 23.3 Å². The molecule has 1 saturated heterocycles. The summed E-state index contributed by atoms with van der Waals surface area (Å²) in [5.74, 6) is -2.08. The van der Waals surface area contributed by atoms with Crippen molar-refractivity contribution in [3.8, 4) is 0 Å². The van der Waals surface area contributed by atoms with E-state index in [1.165, 1.54) is 12.1 Å². The Kier molecular flexibility index (Phi) is 8.54. The Morgan fingerprint density at radius 3 is 2.08 bits per heavy atom. The summed E-state index contributed by atoms with van der Waals surface area (Å²) in [5.41, 5.74) is -3.89. The number of ether oxygens (including phenoxy) is 1. The van der Waals surface area contributed by atoms with Crippen molar-refractivity contribution in [2.24, 2.45) is 0 Å². The normalized spacial score (nSPS) is 14.0. The zero-order valence-corrected chi connectivity index (χ0v) is 19.4. The van der Waals surface area contributed by atoms with Crippen LogP contribution in [0.5, 0.6) is 0 Å². The molecule has 0 spiro atoms. The molecule has 194 valence electrons. The molecule has 6 nitrogen and oxygen atoms in total. The molecule has 0 aromatic heterocycles. The van der Waals surface area contributed by atoms with E-state index in [1.807, 2.05) is 5.32 Å². The molecule has 0 bridgehead atoms. The highest BCUT2D eigenvalue weighted by Gasteiger charge is 2.37. The Morgan fingerprint density at radius 1 is 0.917 bits per heavy atom. The van der Waals surface area contributed by atoms with Gasteiger partial charge in [0.05, 0.1) is 22.4 Å². The summed E-state index contributed by atoms with van der Waals surface area (Å²) in [6.45, 7) is 0.394. The van der Waals surface area contributed by atoms with Gasteiger partial charge in [-0.3, -0.25) is 9.59 Å². The second-order valence-corrected chi connectivity index (χ2v) is 8.81. The van der Waals surface area contributed by atoms with Gasteiger partial charge in [-0.2, -0.15) is 26.3 Å². The Labute approximate surface area is 206 Å². The number of rotatable bonds is 7. The van der Waals surface area contributed by atoms with Crippen LogP contribution in [0, 0.1) is 0 Å². The SMILES string of the molecule is O=C(COC(=O)c1ccccc1SCC(=O)N1CCCC1)Nc1cc(C(F)(F)F)cc(C(F)(F)F)c1. The van der Waals surface area contributed by atoms with E-state index in [9.17, 15) is 40.7 Å². The lowest BCUT2D eigenvalue weighted by molar-refractivity contribution is -0.143. The molecule has 2 aromatic rings. The molecule has 1 aliphatic rings. The zero-order chi connectivity index (χ0) is 26.5. The van der Waals surface area contributed by atoms with Gasteiger partial charge in [0, 0.05) is 23.7 Å². The van der Waals surface area contributed by atoms with Crippen molar-refractivity contribution < 1.29 is 45.5 Å². The minimum atomic E-state index is -5.08. The number of halogens is 6. The summed E-state index contributed by atoms with van der Waals surface area (Å²) >= 11 is 1.11. The maximum atomic E-state index is 13.0. The molecule has 36 heavy (non-hydrogen) atoms. The number of amides is 2. The van der Waals surface area contributed by atoms with E-state index in [0.717, 1.165) is 24.6 Å². The average Bonchev–Trinajstić information content (AvgIpc) is 3.35. The molecule has 1 fully saturated rings. The second kappa shape index (κ2) is 11.2. The minimum Gasteiger partial charge on any atom is -0.452 e. The minimum absolute atomic E-state index is 0.0583. The number of anilines is 1. The monoisotopic (exact) mass is 534 g/mol. The molecule has 0 aliphatic carbocycles. The largest absolute Gasteiger partial charge is 0.452 e. The molecule has 0 radical (unpaired) electrons. The predicted octanol–water partition coefficient (Wildman–Crippen LogP) is 5.23. The zero-order valence-electron chi connectivity index (χ0n) is 18.5. The van der Waals surface area contributed by atoms with E-state index in [2.05, 4.69) is 0 Å². The highest BCUT2D eigenvalue weighted by molar-refractivity contribution is 8.00. The summed E-state index contributed by atoms with van der Waals surface area (Å²) in [5, 5.41) is 1.89. The third kappa shape index (κ3) is 7.39. The first-order valence-corrected chi connectivity index (χ1v) is 11.6. The molecule has 2 aromatic carbocycles. The molecular weight excluding hydrogens is 514 g/mol. The third-order valence-corrected chi connectivity index (χ3v) is 6.18. The van der Waals surface area contributed by atoms with E-state index in [4.69, 9.17) is 4.74 Å². The lowest BCUT2D eigenvalue weighted by Crippen LogP contribution is -2.29. The van der Waals surface area contributed by atoms with Crippen LogP contribution in [0.3, 0.4) is 0 Å². The van der Waals surface area contributed by atoms with Crippen molar-refractivity contribution >= 4 is 35.2 Å². The van der Waals surface area contributed by atoms with Gasteiger partial charge in [0.1, 0.15) is 0 Å². The van der Waals surface area contributed by atoms with Crippen LogP contribution >= 0.6 is 11.8 Å². The lowest BCUT2D eigenvalue weighted by atomic mass is 10.1. The number of hydrogen-bond acceptors (Lipinski definition) is 5. The smallest absolute Gasteiger partial charge is 0.416 e. The van der Waals surface area contributed by atoms with Crippen LogP contribution in [0.15, 0.2) is 47.4 Å². The van der Waals surface area contributed by atoms with Crippen LogP contribution in [-0.4, -0.2) is 48.1 Å². The molecule has 0 saturated carbocycles. The van der Waals surface area contributed by atoms with Crippen LogP contribution in [0.1, 0.15) is 34.3 Å². The fourth-order valence-electron chi connectivity index (χ4n) is 3.39. The highest BCUT2D eigenvalue weighted by Crippen LogP contribution is 2.37. The molecule has 2 amide bonds. The number of benzene rings is 2. The number of esters is 1. The van der Waals surface area contributed by atoms with E-state index in [0.29, 0.717) is 30.1 Å². The van der Waals surface area contributed by atoms with E-state index >= 15 is 0 Å². The number of carbonyl (C=O) groups excluding carboxylic acids is 3. The van der Waals surface area contributed by atoms with E-state index in [1.54, 1.807) is 17.0 Å². The summed E-state index contributed by atoms with van der Waals surface area (Å²) in [7, 11) is 0. The van der Waals surface area contributed by atoms with Gasteiger partial charge in [0.2, 0.25) is 5.91 Å². The molecule has 1 aliphatic heterocycles. The average molecular weight is 534 g/mol. The summed E-state index contributed by atoms with van der Waals surface area (Å²) in [6, 6.07) is 6.78. The van der Waals surface area contributed by atoms with Crippen molar-refractivity contribution in [1.29, 1.82) is 0 Å². The Morgan fingerprint density at radius 2 is 1.50 bits per heavy atom. The van der Waals surface area contributed by atoms with Crippen LogP contribution in [0.2, 0.25) is 0 Å². The van der Waals surface area contributed by atoms with Crippen LogP contribution in [0.4, 0.5) is 32.0 Å². The van der Waals surface area contributed by atoms with Crippen molar-refractivity contribution in [3.05, 3.63) is 59.2 Å². The maximum Gasteiger partial charge on any atom is 0.416 e. The number of hydrogen-bond donors (Lipinski definition) is 1. The molecule has 3 rings (SSSR count). The van der Waals surface area contributed by atoms with Gasteiger partial charge < -0.3 is 15.0 Å². The predicted molar refractivity (Wildman–Crippen MR) is 118 cm³/mol. The first-order valence-electron chi connectivity index (χ1n) is 10.6. The highest BCUT2D eigenvalue weighted by atomic mass is 32.2. The molecule has 1 N–H and O–H groups in total. The van der Waals surface area contributed by atoms with Crippen LogP contribution < -0.4 is 5.32 Å². The Balaban J connectivity index is 1.63. The number of carbonyl (C=O) groups is 3. The fraction of sp³-hybridized carbons (Fsp3) is 0.348. The molecule has 0 unspecified atom stereocenters. The van der Waals surface area contributed by atoms with Gasteiger partial charge in [-0.15, -0.1) is 11.8 Å². The number of nitrogens with zero attached hydrogens (tertiary/aromatic N) is 1. The summed E-state index contributed by atoms with van der Waals surface area (Å²) in [4.78, 5) is 39.0. The summed E-state index contributed by atoms with van der Waals surface area (Å²) < 4.78 is 82.8. The van der Waals surface area contributed by atoms with Crippen molar-refractivity contribution in [2.45, 2.75) is 30.1 Å².